The maximum atomic E-state index is 12.6. The van der Waals surface area contributed by atoms with Crippen molar-refractivity contribution in [1.82, 2.24) is 0 Å². The van der Waals surface area contributed by atoms with Crippen LogP contribution in [-0.2, 0) is 0 Å². The van der Waals surface area contributed by atoms with Crippen LogP contribution in [0.15, 0.2) is 30.3 Å². The molecular formula is C11H13F3. The minimum atomic E-state index is -4.13. The van der Waals surface area contributed by atoms with Gasteiger partial charge >= 0.3 is 6.18 Å². The second-order valence-corrected chi connectivity index (χ2v) is 3.29. The topological polar surface area (TPSA) is 0 Å². The largest absolute Gasteiger partial charge is 0.395 e. The maximum absolute atomic E-state index is 12.6. The zero-order valence-electron chi connectivity index (χ0n) is 8.01. The molecule has 0 radical (unpaired) electrons. The van der Waals surface area contributed by atoms with Crippen molar-refractivity contribution < 1.29 is 13.2 Å². The van der Waals surface area contributed by atoms with Crippen LogP contribution in [-0.4, -0.2) is 6.18 Å². The first kappa shape index (κ1) is 11.1. The monoisotopic (exact) mass is 202 g/mol. The molecule has 0 bridgehead atoms. The number of alkyl halides is 3. The average molecular weight is 202 g/mol. The van der Waals surface area contributed by atoms with Gasteiger partial charge < -0.3 is 0 Å². The molecule has 1 atom stereocenters. The van der Waals surface area contributed by atoms with Gasteiger partial charge in [-0.25, -0.2) is 0 Å². The molecule has 0 spiro atoms. The van der Waals surface area contributed by atoms with Gasteiger partial charge in [0.25, 0.3) is 0 Å². The van der Waals surface area contributed by atoms with Crippen molar-refractivity contribution in [3.8, 4) is 0 Å². The van der Waals surface area contributed by atoms with Gasteiger partial charge in [-0.3, -0.25) is 0 Å². The first-order valence-corrected chi connectivity index (χ1v) is 4.67. The molecule has 0 aliphatic rings. The van der Waals surface area contributed by atoms with Crippen LogP contribution in [0.25, 0.3) is 0 Å². The SMILES string of the molecule is CCC[C@@H](c1ccccc1)C(F)(F)F. The van der Waals surface area contributed by atoms with Crippen LogP contribution in [0.4, 0.5) is 13.2 Å². The molecule has 0 amide bonds. The van der Waals surface area contributed by atoms with Crippen LogP contribution in [0.5, 0.6) is 0 Å². The van der Waals surface area contributed by atoms with E-state index in [0.717, 1.165) is 0 Å². The van der Waals surface area contributed by atoms with Crippen molar-refractivity contribution in [3.63, 3.8) is 0 Å². The quantitative estimate of drug-likeness (QED) is 0.691. The fourth-order valence-corrected chi connectivity index (χ4v) is 1.49. The molecule has 0 saturated carbocycles. The fraction of sp³-hybridized carbons (Fsp3) is 0.455. The highest BCUT2D eigenvalue weighted by atomic mass is 19.4. The Kier molecular flexibility index (Phi) is 3.55. The Balaban J connectivity index is 2.89. The van der Waals surface area contributed by atoms with Crippen molar-refractivity contribution in [2.24, 2.45) is 0 Å². The summed E-state index contributed by atoms with van der Waals surface area (Å²) in [6.45, 7) is 1.77. The number of benzene rings is 1. The van der Waals surface area contributed by atoms with Crippen molar-refractivity contribution >= 4 is 0 Å². The Morgan fingerprint density at radius 1 is 1.14 bits per heavy atom. The Hall–Kier alpha value is -0.990. The van der Waals surface area contributed by atoms with Gasteiger partial charge in [0, 0.05) is 0 Å². The van der Waals surface area contributed by atoms with E-state index in [1.807, 2.05) is 0 Å². The number of halogens is 3. The van der Waals surface area contributed by atoms with E-state index < -0.39 is 12.1 Å². The van der Waals surface area contributed by atoms with Gasteiger partial charge in [0.2, 0.25) is 0 Å². The molecule has 1 aromatic carbocycles. The molecular weight excluding hydrogens is 189 g/mol. The van der Waals surface area contributed by atoms with Crippen molar-refractivity contribution in [1.29, 1.82) is 0 Å². The van der Waals surface area contributed by atoms with E-state index in [1.165, 1.54) is 12.1 Å². The van der Waals surface area contributed by atoms with E-state index in [1.54, 1.807) is 25.1 Å². The molecule has 3 heteroatoms. The second-order valence-electron chi connectivity index (χ2n) is 3.29. The Morgan fingerprint density at radius 2 is 1.71 bits per heavy atom. The smallest absolute Gasteiger partial charge is 0.170 e. The van der Waals surface area contributed by atoms with E-state index >= 15 is 0 Å². The summed E-state index contributed by atoms with van der Waals surface area (Å²) >= 11 is 0. The Bertz CT molecular complexity index is 264. The van der Waals surface area contributed by atoms with Crippen LogP contribution in [0.2, 0.25) is 0 Å². The van der Waals surface area contributed by atoms with Gasteiger partial charge in [-0.15, -0.1) is 0 Å². The normalized spacial score (nSPS) is 14.0. The first-order valence-electron chi connectivity index (χ1n) is 4.67. The van der Waals surface area contributed by atoms with Crippen LogP contribution >= 0.6 is 0 Å². The lowest BCUT2D eigenvalue weighted by atomic mass is 9.94. The van der Waals surface area contributed by atoms with Gasteiger partial charge in [0.1, 0.15) is 0 Å². The zero-order valence-corrected chi connectivity index (χ0v) is 8.01. The van der Waals surface area contributed by atoms with E-state index in [4.69, 9.17) is 0 Å². The molecule has 0 aromatic heterocycles. The lowest BCUT2D eigenvalue weighted by Gasteiger charge is -2.19. The second kappa shape index (κ2) is 4.49. The Morgan fingerprint density at radius 3 is 2.14 bits per heavy atom. The molecule has 0 fully saturated rings. The molecule has 1 rings (SSSR count). The molecule has 0 unspecified atom stereocenters. The number of hydrogen-bond acceptors (Lipinski definition) is 0. The molecule has 0 saturated heterocycles. The van der Waals surface area contributed by atoms with Crippen LogP contribution in [0.3, 0.4) is 0 Å². The van der Waals surface area contributed by atoms with Gasteiger partial charge in [0.05, 0.1) is 5.92 Å². The summed E-state index contributed by atoms with van der Waals surface area (Å²) in [6, 6.07) is 8.08. The summed E-state index contributed by atoms with van der Waals surface area (Å²) in [5, 5.41) is 0. The Labute approximate surface area is 81.8 Å². The third-order valence-corrected chi connectivity index (χ3v) is 2.17. The third-order valence-electron chi connectivity index (χ3n) is 2.17. The molecule has 78 valence electrons. The molecule has 0 heterocycles. The van der Waals surface area contributed by atoms with Gasteiger partial charge in [-0.1, -0.05) is 43.7 Å². The third kappa shape index (κ3) is 2.76. The fourth-order valence-electron chi connectivity index (χ4n) is 1.49. The van der Waals surface area contributed by atoms with Crippen molar-refractivity contribution in [3.05, 3.63) is 35.9 Å². The summed E-state index contributed by atoms with van der Waals surface area (Å²) in [5.74, 6) is -1.31. The highest BCUT2D eigenvalue weighted by Crippen LogP contribution is 2.37. The van der Waals surface area contributed by atoms with Gasteiger partial charge in [-0.2, -0.15) is 13.2 Å². The standard InChI is InChI=1S/C11H13F3/c1-2-6-10(11(12,13)14)9-7-4-3-5-8-9/h3-5,7-8,10H,2,6H2,1H3/t10-/m0/s1. The maximum Gasteiger partial charge on any atom is 0.395 e. The average Bonchev–Trinajstić information content (AvgIpc) is 2.14. The predicted octanol–water partition coefficient (Wildman–Crippen LogP) is 4.13. The van der Waals surface area contributed by atoms with E-state index in [0.29, 0.717) is 12.0 Å². The first-order chi connectivity index (χ1) is 6.55. The minimum Gasteiger partial charge on any atom is -0.170 e. The highest BCUT2D eigenvalue weighted by molar-refractivity contribution is 5.20. The van der Waals surface area contributed by atoms with Crippen molar-refractivity contribution in [2.75, 3.05) is 0 Å². The lowest BCUT2D eigenvalue weighted by Crippen LogP contribution is -2.20. The van der Waals surface area contributed by atoms with E-state index in [2.05, 4.69) is 0 Å². The summed E-state index contributed by atoms with van der Waals surface area (Å²) in [7, 11) is 0. The number of hydrogen-bond donors (Lipinski definition) is 0. The van der Waals surface area contributed by atoms with Crippen LogP contribution in [0.1, 0.15) is 31.2 Å². The number of rotatable bonds is 3. The molecule has 0 aliphatic heterocycles. The van der Waals surface area contributed by atoms with Crippen LogP contribution < -0.4 is 0 Å². The predicted molar refractivity (Wildman–Crippen MR) is 50.1 cm³/mol. The van der Waals surface area contributed by atoms with E-state index in [9.17, 15) is 13.2 Å². The molecule has 1 aromatic rings. The summed E-state index contributed by atoms with van der Waals surface area (Å²) in [4.78, 5) is 0. The summed E-state index contributed by atoms with van der Waals surface area (Å²) in [5.41, 5.74) is 0.363. The lowest BCUT2D eigenvalue weighted by molar-refractivity contribution is -0.152. The van der Waals surface area contributed by atoms with Crippen molar-refractivity contribution in [2.45, 2.75) is 31.9 Å². The molecule has 0 nitrogen and oxygen atoms in total. The zero-order chi connectivity index (χ0) is 10.6. The summed E-state index contributed by atoms with van der Waals surface area (Å²) < 4.78 is 37.8. The molecule has 0 aliphatic carbocycles. The molecule has 0 N–H and O–H groups in total. The molecule has 14 heavy (non-hydrogen) atoms. The highest BCUT2D eigenvalue weighted by Gasteiger charge is 2.39. The minimum absolute atomic E-state index is 0.160. The van der Waals surface area contributed by atoms with Gasteiger partial charge in [-0.05, 0) is 12.0 Å². The van der Waals surface area contributed by atoms with Gasteiger partial charge in [0.15, 0.2) is 0 Å². The van der Waals surface area contributed by atoms with Crippen LogP contribution in [0, 0.1) is 0 Å². The summed E-state index contributed by atoms with van der Waals surface area (Å²) in [6.07, 6.45) is -3.43. The van der Waals surface area contributed by atoms with E-state index in [-0.39, 0.29) is 6.42 Å².